The van der Waals surface area contributed by atoms with Gasteiger partial charge in [0, 0.05) is 0 Å². The number of carbonyl (C=O) groups excluding carboxylic acids is 1. The van der Waals surface area contributed by atoms with Crippen molar-refractivity contribution in [2.75, 3.05) is 0 Å². The highest BCUT2D eigenvalue weighted by Gasteiger charge is 2.63. The van der Waals surface area contributed by atoms with Gasteiger partial charge in [0.2, 0.25) is 0 Å². The lowest BCUT2D eigenvalue weighted by atomic mass is 9.55. The highest BCUT2D eigenvalue weighted by atomic mass is 16.5. The molecule has 2 bridgehead atoms. The first-order valence-corrected chi connectivity index (χ1v) is 8.17. The van der Waals surface area contributed by atoms with E-state index in [0.717, 1.165) is 25.7 Å². The Kier molecular flexibility index (Phi) is 2.67. The van der Waals surface area contributed by atoms with Crippen LogP contribution in [-0.4, -0.2) is 18.0 Å². The molecule has 104 valence electrons. The van der Waals surface area contributed by atoms with Crippen molar-refractivity contribution >= 4 is 5.78 Å². The van der Waals surface area contributed by atoms with Crippen LogP contribution in [0, 0.1) is 10.8 Å². The molecule has 2 heterocycles. The summed E-state index contributed by atoms with van der Waals surface area (Å²) >= 11 is 0. The first kappa shape index (κ1) is 12.1. The summed E-state index contributed by atoms with van der Waals surface area (Å²) in [6.07, 6.45) is 16.3. The third-order valence-corrected chi connectivity index (χ3v) is 6.24. The first-order valence-electron chi connectivity index (χ1n) is 8.17. The van der Waals surface area contributed by atoms with Crippen LogP contribution in [0.25, 0.3) is 0 Å². The molecule has 1 saturated heterocycles. The van der Waals surface area contributed by atoms with Crippen molar-refractivity contribution < 1.29 is 9.53 Å². The zero-order valence-electron chi connectivity index (χ0n) is 11.7. The van der Waals surface area contributed by atoms with Crippen LogP contribution in [0.4, 0.5) is 0 Å². The summed E-state index contributed by atoms with van der Waals surface area (Å²) in [5.74, 6) is 0.589. The maximum atomic E-state index is 13.4. The van der Waals surface area contributed by atoms with Gasteiger partial charge in [-0.25, -0.2) is 0 Å². The van der Waals surface area contributed by atoms with Gasteiger partial charge in [-0.05, 0) is 25.7 Å². The number of rotatable bonds is 0. The molecule has 4 aliphatic rings. The number of carbonyl (C=O) groups is 1. The molecule has 2 heteroatoms. The van der Waals surface area contributed by atoms with E-state index in [2.05, 4.69) is 12.2 Å². The van der Waals surface area contributed by atoms with Crippen molar-refractivity contribution in [3.8, 4) is 0 Å². The van der Waals surface area contributed by atoms with E-state index in [-0.39, 0.29) is 23.0 Å². The fraction of sp³-hybridized carbons (Fsp3) is 0.824. The van der Waals surface area contributed by atoms with Crippen LogP contribution >= 0.6 is 0 Å². The molecule has 2 unspecified atom stereocenters. The van der Waals surface area contributed by atoms with E-state index in [1.165, 1.54) is 38.5 Å². The second-order valence-corrected chi connectivity index (χ2v) is 7.12. The number of ketones is 1. The highest BCUT2D eigenvalue weighted by Crippen LogP contribution is 2.58. The molecule has 0 radical (unpaired) electrons. The maximum Gasteiger partial charge on any atom is 0.151 e. The van der Waals surface area contributed by atoms with Gasteiger partial charge in [0.25, 0.3) is 0 Å². The summed E-state index contributed by atoms with van der Waals surface area (Å²) in [7, 11) is 0. The molecule has 0 N–H and O–H groups in total. The lowest BCUT2D eigenvalue weighted by molar-refractivity contribution is -0.184. The number of fused-ring (bicyclic) bond motifs is 4. The van der Waals surface area contributed by atoms with Crippen LogP contribution in [0.1, 0.15) is 64.2 Å². The quantitative estimate of drug-likeness (QED) is 0.619. The van der Waals surface area contributed by atoms with Crippen molar-refractivity contribution in [1.29, 1.82) is 0 Å². The summed E-state index contributed by atoms with van der Waals surface area (Å²) in [6.45, 7) is 0. The molecule has 0 aromatic rings. The van der Waals surface area contributed by atoms with E-state index in [1.807, 2.05) is 0 Å². The molecule has 0 aromatic heterocycles. The maximum absolute atomic E-state index is 13.4. The summed E-state index contributed by atoms with van der Waals surface area (Å²) in [4.78, 5) is 13.4. The SMILES string of the molecule is O=C1C2(CCCCC2)C2C=CC(O2)C12CCCCC2. The molecular weight excluding hydrogens is 236 g/mol. The fourth-order valence-corrected chi connectivity index (χ4v) is 5.22. The Labute approximate surface area is 115 Å². The predicted molar refractivity (Wildman–Crippen MR) is 73.8 cm³/mol. The van der Waals surface area contributed by atoms with Gasteiger partial charge in [-0.3, -0.25) is 4.79 Å². The van der Waals surface area contributed by atoms with Crippen molar-refractivity contribution in [3.05, 3.63) is 12.2 Å². The monoisotopic (exact) mass is 260 g/mol. The lowest BCUT2D eigenvalue weighted by Gasteiger charge is -2.53. The number of Topliss-reactive ketones (excluding diaryl/α,β-unsaturated/α-hetero) is 1. The van der Waals surface area contributed by atoms with Gasteiger partial charge in [0.1, 0.15) is 0 Å². The molecule has 2 saturated carbocycles. The van der Waals surface area contributed by atoms with Gasteiger partial charge >= 0.3 is 0 Å². The second kappa shape index (κ2) is 4.18. The molecule has 3 fully saturated rings. The van der Waals surface area contributed by atoms with Gasteiger partial charge < -0.3 is 4.74 Å². The van der Waals surface area contributed by atoms with E-state index in [9.17, 15) is 4.79 Å². The van der Waals surface area contributed by atoms with Crippen molar-refractivity contribution in [2.45, 2.75) is 76.4 Å². The molecule has 4 rings (SSSR count). The van der Waals surface area contributed by atoms with Crippen LogP contribution in [0.15, 0.2) is 12.2 Å². The first-order chi connectivity index (χ1) is 9.28. The topological polar surface area (TPSA) is 26.3 Å². The molecule has 2 aliphatic heterocycles. The Morgan fingerprint density at radius 1 is 0.789 bits per heavy atom. The van der Waals surface area contributed by atoms with Crippen LogP contribution < -0.4 is 0 Å². The fourth-order valence-electron chi connectivity index (χ4n) is 5.22. The van der Waals surface area contributed by atoms with Gasteiger partial charge in [-0.15, -0.1) is 0 Å². The van der Waals surface area contributed by atoms with Gasteiger partial charge in [0.05, 0.1) is 23.0 Å². The minimum atomic E-state index is -0.154. The number of ether oxygens (including phenoxy) is 1. The zero-order chi connectivity index (χ0) is 12.9. The minimum absolute atomic E-state index is 0.0952. The Hall–Kier alpha value is -0.630. The lowest BCUT2D eigenvalue weighted by Crippen LogP contribution is -2.60. The smallest absolute Gasteiger partial charge is 0.151 e. The normalized spacial score (nSPS) is 39.1. The molecule has 2 spiro atoms. The second-order valence-electron chi connectivity index (χ2n) is 7.12. The molecule has 19 heavy (non-hydrogen) atoms. The third-order valence-electron chi connectivity index (χ3n) is 6.24. The predicted octanol–water partition coefficient (Wildman–Crippen LogP) is 3.79. The van der Waals surface area contributed by atoms with E-state index >= 15 is 0 Å². The van der Waals surface area contributed by atoms with E-state index in [1.54, 1.807) is 0 Å². The summed E-state index contributed by atoms with van der Waals surface area (Å²) in [6, 6.07) is 0. The average molecular weight is 260 g/mol. The number of hydrogen-bond donors (Lipinski definition) is 0. The highest BCUT2D eigenvalue weighted by molar-refractivity contribution is 5.93. The molecule has 0 aromatic carbocycles. The molecule has 2 nitrogen and oxygen atoms in total. The van der Waals surface area contributed by atoms with Crippen molar-refractivity contribution in [2.24, 2.45) is 10.8 Å². The summed E-state index contributed by atoms with van der Waals surface area (Å²) in [5, 5.41) is 0. The van der Waals surface area contributed by atoms with Gasteiger partial charge in [-0.1, -0.05) is 50.7 Å². The van der Waals surface area contributed by atoms with Crippen LogP contribution in [0.5, 0.6) is 0 Å². The van der Waals surface area contributed by atoms with Crippen LogP contribution in [0.3, 0.4) is 0 Å². The van der Waals surface area contributed by atoms with Crippen molar-refractivity contribution in [3.63, 3.8) is 0 Å². The zero-order valence-corrected chi connectivity index (χ0v) is 11.7. The molecule has 0 amide bonds. The summed E-state index contributed by atoms with van der Waals surface area (Å²) < 4.78 is 6.32. The Bertz CT molecular complexity index is 375. The minimum Gasteiger partial charge on any atom is -0.365 e. The molecule has 2 atom stereocenters. The van der Waals surface area contributed by atoms with E-state index < -0.39 is 0 Å². The van der Waals surface area contributed by atoms with Crippen LogP contribution in [-0.2, 0) is 9.53 Å². The van der Waals surface area contributed by atoms with E-state index in [0.29, 0.717) is 5.78 Å². The molecule has 2 aliphatic carbocycles. The number of hydrogen-bond acceptors (Lipinski definition) is 2. The Balaban J connectivity index is 1.76. The standard InChI is InChI=1S/C17H24O2/c18-15-16(9-3-1-4-10-16)13-7-8-14(19-13)17(15)11-5-2-6-12-17/h7-8,13-14H,1-6,9-12H2. The Morgan fingerprint density at radius 3 is 1.63 bits per heavy atom. The largest absolute Gasteiger partial charge is 0.365 e. The summed E-state index contributed by atoms with van der Waals surface area (Å²) in [5.41, 5.74) is -0.307. The van der Waals surface area contributed by atoms with Crippen LogP contribution in [0.2, 0.25) is 0 Å². The molecular formula is C17H24O2. The van der Waals surface area contributed by atoms with E-state index in [4.69, 9.17) is 4.74 Å². The average Bonchev–Trinajstić information content (AvgIpc) is 2.96. The van der Waals surface area contributed by atoms with Gasteiger partial charge in [0.15, 0.2) is 5.78 Å². The van der Waals surface area contributed by atoms with Gasteiger partial charge in [-0.2, -0.15) is 0 Å². The Morgan fingerprint density at radius 2 is 1.21 bits per heavy atom. The third kappa shape index (κ3) is 1.50. The van der Waals surface area contributed by atoms with Crippen molar-refractivity contribution in [1.82, 2.24) is 0 Å².